The van der Waals surface area contributed by atoms with Crippen LogP contribution < -0.4 is 0 Å². The van der Waals surface area contributed by atoms with Crippen molar-refractivity contribution in [2.45, 2.75) is 18.7 Å². The number of benzene rings is 1. The van der Waals surface area contributed by atoms with Crippen molar-refractivity contribution in [3.05, 3.63) is 33.2 Å². The summed E-state index contributed by atoms with van der Waals surface area (Å²) in [4.78, 5) is 13.5. The van der Waals surface area contributed by atoms with E-state index < -0.39 is 15.8 Å². The summed E-state index contributed by atoms with van der Waals surface area (Å²) in [5.74, 6) is 0.834. The van der Waals surface area contributed by atoms with Crippen LogP contribution in [0.2, 0.25) is 0 Å². The smallest absolute Gasteiger partial charge is 0.335 e. The molecule has 0 spiro atoms. The van der Waals surface area contributed by atoms with Crippen molar-refractivity contribution in [1.29, 1.82) is 0 Å². The average Bonchev–Trinajstić information content (AvgIpc) is 2.40. The van der Waals surface area contributed by atoms with E-state index in [9.17, 15) is 18.3 Å². The molecule has 0 atom stereocenters. The summed E-state index contributed by atoms with van der Waals surface area (Å²) in [5.41, 5.74) is 1.88. The van der Waals surface area contributed by atoms with E-state index >= 15 is 0 Å². The number of aryl methyl sites for hydroxylation is 1. The zero-order valence-corrected chi connectivity index (χ0v) is 14.0. The first-order valence-corrected chi connectivity index (χ1v) is 10.0. The molecule has 112 valence electrons. The van der Waals surface area contributed by atoms with Crippen molar-refractivity contribution in [2.24, 2.45) is 0 Å². The predicted molar refractivity (Wildman–Crippen MR) is 86.8 cm³/mol. The van der Waals surface area contributed by atoms with E-state index in [0.717, 1.165) is 21.3 Å². The summed E-state index contributed by atoms with van der Waals surface area (Å²) in [6, 6.07) is 1.47. The maximum absolute atomic E-state index is 12.6. The molecule has 3 rings (SSSR count). The Balaban J connectivity index is 2.43. The van der Waals surface area contributed by atoms with E-state index in [1.165, 1.54) is 6.07 Å². The first-order chi connectivity index (χ1) is 9.83. The Morgan fingerprint density at radius 1 is 1.24 bits per heavy atom. The third kappa shape index (κ3) is 2.31. The molecule has 0 bridgehead atoms. The lowest BCUT2D eigenvalue weighted by molar-refractivity contribution is 0.0696. The van der Waals surface area contributed by atoms with E-state index in [4.69, 9.17) is 0 Å². The maximum Gasteiger partial charge on any atom is 0.335 e. The van der Waals surface area contributed by atoms with Gasteiger partial charge in [-0.05, 0) is 31.0 Å². The van der Waals surface area contributed by atoms with E-state index in [1.54, 1.807) is 37.4 Å². The molecule has 0 saturated heterocycles. The number of carboxylic acid groups (broad SMARTS) is 1. The maximum atomic E-state index is 12.6. The van der Waals surface area contributed by atoms with Crippen molar-refractivity contribution in [3.8, 4) is 0 Å². The van der Waals surface area contributed by atoms with Gasteiger partial charge >= 0.3 is 5.97 Å². The minimum atomic E-state index is -3.39. The van der Waals surface area contributed by atoms with Gasteiger partial charge in [-0.25, -0.2) is 13.2 Å². The Morgan fingerprint density at radius 3 is 2.57 bits per heavy atom. The highest BCUT2D eigenvalue weighted by molar-refractivity contribution is 8.14. The van der Waals surface area contributed by atoms with Crippen LogP contribution in [-0.2, 0) is 9.84 Å². The largest absolute Gasteiger partial charge is 0.478 e. The van der Waals surface area contributed by atoms with Crippen LogP contribution in [0.25, 0.3) is 4.91 Å². The fourth-order valence-corrected chi connectivity index (χ4v) is 7.85. The van der Waals surface area contributed by atoms with E-state index in [2.05, 4.69) is 0 Å². The zero-order valence-electron chi connectivity index (χ0n) is 11.6. The second-order valence-electron chi connectivity index (χ2n) is 5.08. The summed E-state index contributed by atoms with van der Waals surface area (Å²) in [6.45, 7) is 3.38. The molecule has 4 nitrogen and oxygen atoms in total. The van der Waals surface area contributed by atoms with E-state index in [1.807, 2.05) is 0 Å². The lowest BCUT2D eigenvalue weighted by atomic mass is 9.98. The Hall–Kier alpha value is -0.920. The van der Waals surface area contributed by atoms with Gasteiger partial charge in [-0.15, -0.1) is 23.5 Å². The van der Waals surface area contributed by atoms with Crippen LogP contribution in [0, 0.1) is 13.8 Å². The minimum Gasteiger partial charge on any atom is -0.478 e. The fraction of sp³-hybridized carbons (Fsp3) is 0.357. The van der Waals surface area contributed by atoms with Crippen molar-refractivity contribution < 1.29 is 18.3 Å². The Morgan fingerprint density at radius 2 is 1.90 bits per heavy atom. The second-order valence-corrected chi connectivity index (χ2v) is 9.30. The second kappa shape index (κ2) is 5.07. The van der Waals surface area contributed by atoms with Crippen molar-refractivity contribution in [2.75, 3.05) is 17.3 Å². The lowest BCUT2D eigenvalue weighted by Gasteiger charge is -2.29. The summed E-state index contributed by atoms with van der Waals surface area (Å²) >= 11 is 3.21. The fourth-order valence-electron chi connectivity index (χ4n) is 2.81. The normalized spacial score (nSPS) is 19.9. The number of sulfone groups is 1. The van der Waals surface area contributed by atoms with E-state index in [0.29, 0.717) is 21.6 Å². The number of hydrogen-bond acceptors (Lipinski definition) is 5. The number of hydrogen-bond donors (Lipinski definition) is 1. The summed E-state index contributed by atoms with van der Waals surface area (Å²) in [5, 5.41) is 9.34. The first-order valence-electron chi connectivity index (χ1n) is 6.42. The third-order valence-corrected chi connectivity index (χ3v) is 8.31. The third-order valence-electron chi connectivity index (χ3n) is 3.67. The number of aromatic carboxylic acids is 1. The molecule has 1 aromatic carbocycles. The number of carbonyl (C=O) groups is 1. The quantitative estimate of drug-likeness (QED) is 0.846. The first kappa shape index (κ1) is 15.0. The van der Waals surface area contributed by atoms with Gasteiger partial charge in [0.2, 0.25) is 0 Å². The Labute approximate surface area is 131 Å². The topological polar surface area (TPSA) is 71.4 Å². The number of rotatable bonds is 1. The van der Waals surface area contributed by atoms with Crippen LogP contribution in [0.1, 0.15) is 27.0 Å². The Kier molecular flexibility index (Phi) is 3.62. The molecule has 2 aliphatic rings. The van der Waals surface area contributed by atoms with Gasteiger partial charge in [-0.3, -0.25) is 0 Å². The van der Waals surface area contributed by atoms with E-state index in [-0.39, 0.29) is 11.3 Å². The van der Waals surface area contributed by atoms with Gasteiger partial charge in [0.15, 0.2) is 9.84 Å². The molecule has 21 heavy (non-hydrogen) atoms. The van der Waals surface area contributed by atoms with Gasteiger partial charge in [-0.2, -0.15) is 0 Å². The number of fused-ring (bicyclic) bond motifs is 2. The van der Waals surface area contributed by atoms with Gasteiger partial charge < -0.3 is 5.11 Å². The van der Waals surface area contributed by atoms with Gasteiger partial charge in [0.25, 0.3) is 0 Å². The summed E-state index contributed by atoms with van der Waals surface area (Å²) in [6.07, 6.45) is 0. The molecule has 2 heterocycles. The molecule has 0 fully saturated rings. The zero-order chi connectivity index (χ0) is 15.4. The molecule has 0 aliphatic carbocycles. The SMILES string of the molecule is Cc1cc(C(=O)O)c(C)c2c1S(=O)(=O)CC1=C2SCCS1. The molecule has 2 aliphatic heterocycles. The predicted octanol–water partition coefficient (Wildman–Crippen LogP) is 2.94. The van der Waals surface area contributed by atoms with Gasteiger partial charge in [-0.1, -0.05) is 0 Å². The van der Waals surface area contributed by atoms with Crippen LogP contribution in [0.15, 0.2) is 15.9 Å². The molecule has 7 heteroatoms. The molecule has 0 amide bonds. The Bertz CT molecular complexity index is 791. The van der Waals surface area contributed by atoms with Gasteiger partial charge in [0.05, 0.1) is 16.2 Å². The number of thioether (sulfide) groups is 2. The minimum absolute atomic E-state index is 0.0414. The van der Waals surface area contributed by atoms with Crippen LogP contribution in [-0.4, -0.2) is 36.8 Å². The molecule has 0 saturated carbocycles. The molecule has 0 aromatic heterocycles. The lowest BCUT2D eigenvalue weighted by Crippen LogP contribution is -2.21. The average molecular weight is 342 g/mol. The standard InChI is InChI=1S/C14H14O4S3/c1-7-5-9(14(15)16)8(2)11-12-10(19-3-4-20-12)6-21(17,18)13(7)11/h5H,3-4,6H2,1-2H3,(H,15,16). The van der Waals surface area contributed by atoms with Crippen molar-refractivity contribution in [1.82, 2.24) is 0 Å². The van der Waals surface area contributed by atoms with Crippen LogP contribution in [0.5, 0.6) is 0 Å². The molecule has 1 N–H and O–H groups in total. The van der Waals surface area contributed by atoms with Crippen LogP contribution >= 0.6 is 23.5 Å². The highest BCUT2D eigenvalue weighted by atomic mass is 32.2. The summed E-state index contributed by atoms with van der Waals surface area (Å²) < 4.78 is 25.2. The highest BCUT2D eigenvalue weighted by Gasteiger charge is 2.35. The van der Waals surface area contributed by atoms with Crippen LogP contribution in [0.3, 0.4) is 0 Å². The number of carboxylic acids is 1. The van der Waals surface area contributed by atoms with Gasteiger partial charge in [0.1, 0.15) is 0 Å². The monoisotopic (exact) mass is 342 g/mol. The van der Waals surface area contributed by atoms with Crippen molar-refractivity contribution >= 4 is 44.2 Å². The van der Waals surface area contributed by atoms with Gasteiger partial charge in [0, 0.05) is 26.9 Å². The highest BCUT2D eigenvalue weighted by Crippen LogP contribution is 2.49. The molecule has 0 unspecified atom stereocenters. The molecule has 0 radical (unpaired) electrons. The molecule has 1 aromatic rings. The molecular formula is C14H14O4S3. The van der Waals surface area contributed by atoms with Crippen LogP contribution in [0.4, 0.5) is 0 Å². The van der Waals surface area contributed by atoms with Crippen molar-refractivity contribution in [3.63, 3.8) is 0 Å². The summed E-state index contributed by atoms with van der Waals surface area (Å²) in [7, 11) is -3.39. The molecular weight excluding hydrogens is 328 g/mol.